The zero-order valence-electron chi connectivity index (χ0n) is 9.79. The first-order valence-corrected chi connectivity index (χ1v) is 5.36. The first-order valence-electron chi connectivity index (χ1n) is 5.36. The highest BCUT2D eigenvalue weighted by Gasteiger charge is 2.12. The topological polar surface area (TPSA) is 112 Å². The SMILES string of the molecule is N#Cc1cc(N)ccc1NC(=O)c1ccncc1O. The fourth-order valence-electron chi connectivity index (χ4n) is 1.53. The molecular weight excluding hydrogens is 244 g/mol. The summed E-state index contributed by atoms with van der Waals surface area (Å²) < 4.78 is 0. The van der Waals surface area contributed by atoms with Crippen molar-refractivity contribution in [1.82, 2.24) is 4.98 Å². The number of hydrogen-bond donors (Lipinski definition) is 3. The lowest BCUT2D eigenvalue weighted by atomic mass is 10.1. The zero-order valence-corrected chi connectivity index (χ0v) is 9.79. The molecule has 0 fully saturated rings. The number of carbonyl (C=O) groups is 1. The highest BCUT2D eigenvalue weighted by atomic mass is 16.3. The van der Waals surface area contributed by atoms with E-state index in [0.29, 0.717) is 11.4 Å². The van der Waals surface area contributed by atoms with Crippen LogP contribution in [0.3, 0.4) is 0 Å². The molecule has 0 saturated heterocycles. The molecule has 0 aliphatic rings. The van der Waals surface area contributed by atoms with E-state index in [1.807, 2.05) is 6.07 Å². The Bertz CT molecular complexity index is 677. The second kappa shape index (κ2) is 5.06. The zero-order chi connectivity index (χ0) is 13.8. The van der Waals surface area contributed by atoms with E-state index in [4.69, 9.17) is 11.0 Å². The molecule has 6 nitrogen and oxygen atoms in total. The van der Waals surface area contributed by atoms with E-state index in [0.717, 1.165) is 0 Å². The van der Waals surface area contributed by atoms with Crippen molar-refractivity contribution in [2.75, 3.05) is 11.1 Å². The number of hydrogen-bond acceptors (Lipinski definition) is 5. The van der Waals surface area contributed by atoms with Crippen molar-refractivity contribution in [3.63, 3.8) is 0 Å². The Hall–Kier alpha value is -3.07. The Labute approximate surface area is 109 Å². The summed E-state index contributed by atoms with van der Waals surface area (Å²) in [5.74, 6) is -0.755. The molecule has 1 aromatic heterocycles. The highest BCUT2D eigenvalue weighted by Crippen LogP contribution is 2.21. The van der Waals surface area contributed by atoms with E-state index in [1.165, 1.54) is 30.6 Å². The molecule has 0 atom stereocenters. The van der Waals surface area contributed by atoms with Gasteiger partial charge in [0.15, 0.2) is 0 Å². The lowest BCUT2D eigenvalue weighted by molar-refractivity contribution is 0.102. The third-order valence-corrected chi connectivity index (χ3v) is 2.46. The number of aromatic hydroxyl groups is 1. The molecule has 94 valence electrons. The molecule has 0 spiro atoms. The average Bonchev–Trinajstić information content (AvgIpc) is 2.41. The third kappa shape index (κ3) is 2.61. The van der Waals surface area contributed by atoms with Gasteiger partial charge in [0.25, 0.3) is 5.91 Å². The van der Waals surface area contributed by atoms with Gasteiger partial charge in [0, 0.05) is 11.9 Å². The number of benzene rings is 1. The minimum Gasteiger partial charge on any atom is -0.505 e. The number of anilines is 2. The summed E-state index contributed by atoms with van der Waals surface area (Å²) in [4.78, 5) is 15.6. The summed E-state index contributed by atoms with van der Waals surface area (Å²) in [6.07, 6.45) is 2.56. The minimum absolute atomic E-state index is 0.0794. The molecule has 1 amide bonds. The predicted octanol–water partition coefficient (Wildman–Crippen LogP) is 1.49. The lowest BCUT2D eigenvalue weighted by Gasteiger charge is -2.08. The summed E-state index contributed by atoms with van der Waals surface area (Å²) in [5.41, 5.74) is 6.65. The van der Waals surface area contributed by atoms with E-state index in [1.54, 1.807) is 6.07 Å². The van der Waals surface area contributed by atoms with Crippen LogP contribution in [0.4, 0.5) is 11.4 Å². The fraction of sp³-hybridized carbons (Fsp3) is 0. The van der Waals surface area contributed by atoms with Crippen LogP contribution in [0, 0.1) is 11.3 Å². The molecule has 1 heterocycles. The number of nitrogens with two attached hydrogens (primary N) is 1. The van der Waals surface area contributed by atoms with Crippen LogP contribution in [0.5, 0.6) is 5.75 Å². The van der Waals surface area contributed by atoms with Crippen molar-refractivity contribution < 1.29 is 9.90 Å². The van der Waals surface area contributed by atoms with E-state index in [2.05, 4.69) is 10.3 Å². The first-order chi connectivity index (χ1) is 9.11. The standard InChI is InChI=1S/C13H10N4O2/c14-6-8-5-9(15)1-2-11(8)17-13(19)10-3-4-16-7-12(10)18/h1-5,7,18H,15H2,(H,17,19). The fourth-order valence-corrected chi connectivity index (χ4v) is 1.53. The molecule has 6 heteroatoms. The van der Waals surface area contributed by atoms with Crippen molar-refractivity contribution in [3.05, 3.63) is 47.8 Å². The number of amides is 1. The van der Waals surface area contributed by atoms with Gasteiger partial charge in [-0.05, 0) is 24.3 Å². The van der Waals surface area contributed by atoms with Gasteiger partial charge in [-0.15, -0.1) is 0 Å². The number of pyridine rings is 1. The Morgan fingerprint density at radius 3 is 2.89 bits per heavy atom. The van der Waals surface area contributed by atoms with Gasteiger partial charge in [0.1, 0.15) is 11.8 Å². The van der Waals surface area contributed by atoms with Crippen LogP contribution in [-0.2, 0) is 0 Å². The number of nitrogens with one attached hydrogen (secondary N) is 1. The molecule has 0 radical (unpaired) electrons. The Morgan fingerprint density at radius 1 is 1.42 bits per heavy atom. The van der Waals surface area contributed by atoms with E-state index in [-0.39, 0.29) is 16.9 Å². The van der Waals surface area contributed by atoms with Crippen molar-refractivity contribution >= 4 is 17.3 Å². The smallest absolute Gasteiger partial charge is 0.259 e. The molecule has 0 bridgehead atoms. The molecule has 2 rings (SSSR count). The van der Waals surface area contributed by atoms with Crippen LogP contribution in [0.25, 0.3) is 0 Å². The average molecular weight is 254 g/mol. The maximum atomic E-state index is 11.9. The molecule has 1 aromatic carbocycles. The normalized spacial score (nSPS) is 9.63. The number of rotatable bonds is 2. The van der Waals surface area contributed by atoms with Crippen LogP contribution in [0.15, 0.2) is 36.7 Å². The van der Waals surface area contributed by atoms with Crippen LogP contribution in [0.2, 0.25) is 0 Å². The van der Waals surface area contributed by atoms with Crippen LogP contribution >= 0.6 is 0 Å². The van der Waals surface area contributed by atoms with E-state index >= 15 is 0 Å². The Morgan fingerprint density at radius 2 is 2.21 bits per heavy atom. The predicted molar refractivity (Wildman–Crippen MR) is 69.4 cm³/mol. The summed E-state index contributed by atoms with van der Waals surface area (Å²) >= 11 is 0. The van der Waals surface area contributed by atoms with E-state index < -0.39 is 5.91 Å². The van der Waals surface area contributed by atoms with Crippen molar-refractivity contribution in [3.8, 4) is 11.8 Å². The number of aromatic nitrogens is 1. The third-order valence-electron chi connectivity index (χ3n) is 2.46. The van der Waals surface area contributed by atoms with Gasteiger partial charge in [0.2, 0.25) is 0 Å². The maximum absolute atomic E-state index is 11.9. The largest absolute Gasteiger partial charge is 0.505 e. The molecule has 19 heavy (non-hydrogen) atoms. The van der Waals surface area contributed by atoms with Crippen LogP contribution in [-0.4, -0.2) is 16.0 Å². The van der Waals surface area contributed by atoms with Crippen LogP contribution < -0.4 is 11.1 Å². The highest BCUT2D eigenvalue weighted by molar-refractivity contribution is 6.06. The first kappa shape index (κ1) is 12.4. The van der Waals surface area contributed by atoms with Gasteiger partial charge in [-0.1, -0.05) is 0 Å². The molecule has 0 saturated carbocycles. The lowest BCUT2D eigenvalue weighted by Crippen LogP contribution is -2.13. The molecule has 0 unspecified atom stereocenters. The second-order valence-electron chi connectivity index (χ2n) is 3.76. The summed E-state index contributed by atoms with van der Waals surface area (Å²) in [5, 5.41) is 21.0. The molecule has 0 aliphatic heterocycles. The van der Waals surface area contributed by atoms with Crippen LogP contribution in [0.1, 0.15) is 15.9 Å². The Balaban J connectivity index is 2.30. The number of nitrogens with zero attached hydrogens (tertiary/aromatic N) is 2. The van der Waals surface area contributed by atoms with Crippen molar-refractivity contribution in [1.29, 1.82) is 5.26 Å². The van der Waals surface area contributed by atoms with Crippen molar-refractivity contribution in [2.45, 2.75) is 0 Å². The Kier molecular flexibility index (Phi) is 3.30. The molecular formula is C13H10N4O2. The summed E-state index contributed by atoms with van der Waals surface area (Å²) in [6, 6.07) is 7.89. The van der Waals surface area contributed by atoms with Gasteiger partial charge >= 0.3 is 0 Å². The summed E-state index contributed by atoms with van der Waals surface area (Å²) in [6.45, 7) is 0. The minimum atomic E-state index is -0.527. The quantitative estimate of drug-likeness (QED) is 0.703. The molecule has 4 N–H and O–H groups in total. The number of nitriles is 1. The van der Waals surface area contributed by atoms with Gasteiger partial charge in [0.05, 0.1) is 23.0 Å². The number of carbonyl (C=O) groups excluding carboxylic acids is 1. The van der Waals surface area contributed by atoms with Crippen molar-refractivity contribution in [2.24, 2.45) is 0 Å². The number of nitrogen functional groups attached to an aromatic ring is 1. The van der Waals surface area contributed by atoms with Gasteiger partial charge in [-0.2, -0.15) is 5.26 Å². The van der Waals surface area contributed by atoms with E-state index in [9.17, 15) is 9.90 Å². The molecule has 2 aromatic rings. The van der Waals surface area contributed by atoms with Gasteiger partial charge < -0.3 is 16.2 Å². The monoisotopic (exact) mass is 254 g/mol. The van der Waals surface area contributed by atoms with Gasteiger partial charge in [-0.3, -0.25) is 9.78 Å². The maximum Gasteiger partial charge on any atom is 0.259 e. The second-order valence-corrected chi connectivity index (χ2v) is 3.76. The van der Waals surface area contributed by atoms with Gasteiger partial charge in [-0.25, -0.2) is 0 Å². The summed E-state index contributed by atoms with van der Waals surface area (Å²) in [7, 11) is 0. The molecule has 0 aliphatic carbocycles.